The fourth-order valence-corrected chi connectivity index (χ4v) is 8.30. The smallest absolute Gasteiger partial charge is 0.271 e. The Balaban J connectivity index is 0.000000345. The van der Waals surface area contributed by atoms with Crippen molar-refractivity contribution in [1.29, 1.82) is 0 Å². The number of aliphatic hydroxyl groups is 1. The first-order valence-electron chi connectivity index (χ1n) is 26.4. The number of H-pyrrole nitrogens is 1. The van der Waals surface area contributed by atoms with E-state index in [0.717, 1.165) is 97.4 Å². The summed E-state index contributed by atoms with van der Waals surface area (Å²) in [6.45, 7) is 7.00. The number of nitrogens with two attached hydrogens (primary N) is 1. The number of fused-ring (bicyclic) bond motifs is 4. The van der Waals surface area contributed by atoms with Gasteiger partial charge in [0.25, 0.3) is 31.6 Å². The van der Waals surface area contributed by atoms with Crippen molar-refractivity contribution in [2.45, 2.75) is 58.2 Å². The number of aromatic amines is 1. The molecule has 4 aromatic carbocycles. The van der Waals surface area contributed by atoms with Gasteiger partial charge in [-0.3, -0.25) is 47.7 Å². The van der Waals surface area contributed by atoms with E-state index in [1.165, 1.54) is 32.7 Å². The van der Waals surface area contributed by atoms with E-state index in [9.17, 15) is 37.1 Å². The molecule has 28 nitrogen and oxygen atoms in total. The van der Waals surface area contributed by atoms with Crippen LogP contribution in [0.25, 0.3) is 43.6 Å². The van der Waals surface area contributed by atoms with Crippen molar-refractivity contribution in [3.05, 3.63) is 121 Å². The maximum Gasteiger partial charge on any atom is 0.271 e. The molecule has 85 heavy (non-hydrogen) atoms. The highest BCUT2D eigenvalue weighted by atomic mass is 127. The number of ether oxygens (including phenoxy) is 6. The van der Waals surface area contributed by atoms with Crippen LogP contribution in [0.2, 0.25) is 0 Å². The quantitative estimate of drug-likeness (QED) is 0.0110. The molecule has 0 bridgehead atoms. The Hall–Kier alpha value is -6.37. The standard InChI is InChI=1S/C11H13IN2O.C11H13N3O3.C11H15N3O.C7H5N3O2.2C5H12O4S.C4H10O2/c1-15-6-2-5-14-11-7-10(12)4-3-9(11)8-13-14;1-17-6-2-5-13-11-7-10(14(15)16)4-3-9(11)8-12-13;1-15-6-2-5-14-11-7-10(12)4-3-9(11)8-13-14;11-10(12)6-2-1-5-4-8-9-7(5)3-6;2*1-8-4-3-5-9-10(2,6)7;1-6-4-2-3-5/h3-4,7-8H,2,5-6H2,1H3;3-4,7-8H,2,5-6H2,1H3;3-4,7-8H,2,5-6,12H2,1H3;1-4H,(H,8,9);2*3-5H2,1-2H3;5H,2-4H2,1H3. The summed E-state index contributed by atoms with van der Waals surface area (Å²) in [6, 6.07) is 21.5. The molecule has 0 saturated carbocycles. The number of nitrogen functional groups attached to an aromatic ring is 1. The second-order valence-electron chi connectivity index (χ2n) is 17.9. The van der Waals surface area contributed by atoms with Gasteiger partial charge in [0.2, 0.25) is 0 Å². The Bertz CT molecular complexity index is 3250. The van der Waals surface area contributed by atoms with Crippen LogP contribution in [0.5, 0.6) is 0 Å². The number of aryl methyl sites for hydroxylation is 3. The van der Waals surface area contributed by atoms with Crippen LogP contribution in [0, 0.1) is 23.8 Å². The average Bonchev–Trinajstić information content (AvgIpc) is 4.38. The Morgan fingerprint density at radius 3 is 1.31 bits per heavy atom. The molecule has 4 aromatic heterocycles. The molecule has 0 aliphatic rings. The van der Waals surface area contributed by atoms with Gasteiger partial charge in [-0.1, -0.05) is 6.07 Å². The summed E-state index contributed by atoms with van der Waals surface area (Å²) in [4.78, 5) is 20.2. The molecule has 0 spiro atoms. The number of hydrogen-bond acceptors (Lipinski definition) is 22. The van der Waals surface area contributed by atoms with Crippen LogP contribution in [0.4, 0.5) is 17.1 Å². The summed E-state index contributed by atoms with van der Waals surface area (Å²) < 4.78 is 86.2. The summed E-state index contributed by atoms with van der Waals surface area (Å²) in [5.74, 6) is 0. The number of nitrogens with one attached hydrogen (secondary N) is 1. The Kier molecular flexibility index (Phi) is 37.3. The molecule has 0 fully saturated rings. The van der Waals surface area contributed by atoms with Gasteiger partial charge < -0.3 is 39.3 Å². The summed E-state index contributed by atoms with van der Waals surface area (Å²) in [5.41, 5.74) is 10.4. The fourth-order valence-electron chi connectivity index (χ4n) is 6.99. The molecule has 31 heteroatoms. The molecular weight excluding hydrogens is 1270 g/mol. The zero-order valence-electron chi connectivity index (χ0n) is 49.2. The predicted octanol–water partition coefficient (Wildman–Crippen LogP) is 7.80. The highest BCUT2D eigenvalue weighted by molar-refractivity contribution is 14.1. The maximum absolute atomic E-state index is 10.7. The fraction of sp³-hybridized carbons (Fsp3) is 0.481. The molecular formula is C54H80IN11O17S2. The van der Waals surface area contributed by atoms with E-state index in [0.29, 0.717) is 51.3 Å². The van der Waals surface area contributed by atoms with Gasteiger partial charge >= 0.3 is 0 Å². The highest BCUT2D eigenvalue weighted by Gasteiger charge is 2.11. The molecule has 472 valence electrons. The SMILES string of the molecule is COCCCO.COCCCOS(C)(=O)=O.COCCCOS(C)(=O)=O.COCCCn1ncc2ccc(I)cc21.COCCCn1ncc2ccc(N)cc21.COCCCn1ncc2ccc([N+](=O)[O-])cc21.O=[N+]([O-])c1ccc2cn[nH]c2c1. The molecule has 8 rings (SSSR count). The minimum absolute atomic E-state index is 0.0757. The molecule has 0 atom stereocenters. The molecule has 4 N–H and O–H groups in total. The lowest BCUT2D eigenvalue weighted by Crippen LogP contribution is -2.05. The number of methoxy groups -OCH3 is 6. The van der Waals surface area contributed by atoms with E-state index in [1.54, 1.807) is 77.9 Å². The average molecular weight is 1350 g/mol. The first kappa shape index (κ1) is 74.7. The minimum atomic E-state index is -3.26. The van der Waals surface area contributed by atoms with Crippen molar-refractivity contribution >= 4 is 104 Å². The van der Waals surface area contributed by atoms with Crippen LogP contribution < -0.4 is 5.73 Å². The van der Waals surface area contributed by atoms with Crippen LogP contribution in [0.15, 0.2) is 97.6 Å². The van der Waals surface area contributed by atoms with E-state index in [2.05, 4.69) is 88.9 Å². The number of rotatable bonds is 27. The summed E-state index contributed by atoms with van der Waals surface area (Å²) in [6.07, 6.45) is 13.9. The normalized spacial score (nSPS) is 10.9. The lowest BCUT2D eigenvalue weighted by Gasteiger charge is -2.03. The summed E-state index contributed by atoms with van der Waals surface area (Å²) >= 11 is 2.32. The first-order valence-corrected chi connectivity index (χ1v) is 31.1. The van der Waals surface area contributed by atoms with Gasteiger partial charge in [-0.15, -0.1) is 0 Å². The van der Waals surface area contributed by atoms with Gasteiger partial charge in [-0.25, -0.2) is 0 Å². The van der Waals surface area contributed by atoms with Crippen molar-refractivity contribution < 1.29 is 68.6 Å². The van der Waals surface area contributed by atoms with Crippen molar-refractivity contribution in [3.63, 3.8) is 0 Å². The van der Waals surface area contributed by atoms with E-state index in [4.69, 9.17) is 25.1 Å². The second kappa shape index (κ2) is 42.4. The third-order valence-corrected chi connectivity index (χ3v) is 12.9. The number of nitro groups is 2. The van der Waals surface area contributed by atoms with Crippen molar-refractivity contribution in [2.24, 2.45) is 0 Å². The molecule has 0 saturated heterocycles. The number of halogens is 1. The third kappa shape index (κ3) is 31.6. The van der Waals surface area contributed by atoms with Crippen LogP contribution >= 0.6 is 22.6 Å². The molecule has 0 aliphatic heterocycles. The van der Waals surface area contributed by atoms with Gasteiger partial charge in [0.05, 0.1) is 82.4 Å². The zero-order chi connectivity index (χ0) is 63.0. The Labute approximate surface area is 508 Å². The van der Waals surface area contributed by atoms with Crippen LogP contribution in [0.1, 0.15) is 38.5 Å². The number of anilines is 1. The monoisotopic (exact) mass is 1350 g/mol. The molecule has 0 radical (unpaired) electrons. The molecule has 8 aromatic rings. The van der Waals surface area contributed by atoms with Crippen LogP contribution in [-0.2, 0) is 76.7 Å². The lowest BCUT2D eigenvalue weighted by molar-refractivity contribution is -0.384. The largest absolute Gasteiger partial charge is 0.399 e. The van der Waals surface area contributed by atoms with E-state index < -0.39 is 30.1 Å². The highest BCUT2D eigenvalue weighted by Crippen LogP contribution is 2.22. The summed E-state index contributed by atoms with van der Waals surface area (Å²) in [5, 5.41) is 52.6. The molecule has 0 amide bonds. The number of nitrogens with zero attached hydrogens (tertiary/aromatic N) is 9. The lowest BCUT2D eigenvalue weighted by atomic mass is 10.2. The van der Waals surface area contributed by atoms with E-state index in [1.807, 2.05) is 40.0 Å². The number of aromatic nitrogens is 8. The molecule has 4 heterocycles. The summed E-state index contributed by atoms with van der Waals surface area (Å²) in [7, 11) is 3.29. The number of nitro benzene ring substituents is 2. The number of hydrogen-bond donors (Lipinski definition) is 3. The Morgan fingerprint density at radius 1 is 0.518 bits per heavy atom. The number of aliphatic hydroxyl groups excluding tert-OH is 1. The number of benzene rings is 4. The Morgan fingerprint density at radius 2 is 0.894 bits per heavy atom. The van der Waals surface area contributed by atoms with Crippen LogP contribution in [-0.4, -0.2) is 186 Å². The van der Waals surface area contributed by atoms with Crippen LogP contribution in [0.3, 0.4) is 0 Å². The molecule has 0 aliphatic carbocycles. The van der Waals surface area contributed by atoms with E-state index in [-0.39, 0.29) is 31.2 Å². The minimum Gasteiger partial charge on any atom is -0.399 e. The van der Waals surface area contributed by atoms with Crippen molar-refractivity contribution in [3.8, 4) is 0 Å². The first-order chi connectivity index (χ1) is 40.6. The van der Waals surface area contributed by atoms with Gasteiger partial charge in [-0.2, -0.15) is 37.2 Å². The van der Waals surface area contributed by atoms with Crippen molar-refractivity contribution in [1.82, 2.24) is 39.5 Å². The molecule has 0 unspecified atom stereocenters. The van der Waals surface area contributed by atoms with Gasteiger partial charge in [-0.05, 0) is 104 Å². The third-order valence-electron chi connectivity index (χ3n) is 11.0. The van der Waals surface area contributed by atoms with E-state index >= 15 is 0 Å². The van der Waals surface area contributed by atoms with Gasteiger partial charge in [0, 0.05) is 164 Å². The topological polar surface area (TPSA) is 357 Å². The number of non-ortho nitro benzene ring substituents is 2. The van der Waals surface area contributed by atoms with Crippen molar-refractivity contribution in [2.75, 3.05) is 120 Å². The second-order valence-corrected chi connectivity index (χ2v) is 22.4. The van der Waals surface area contributed by atoms with Gasteiger partial charge in [0.15, 0.2) is 0 Å². The maximum atomic E-state index is 10.7. The predicted molar refractivity (Wildman–Crippen MR) is 333 cm³/mol. The van der Waals surface area contributed by atoms with Gasteiger partial charge in [0.1, 0.15) is 0 Å². The zero-order valence-corrected chi connectivity index (χ0v) is 53.0.